The Morgan fingerprint density at radius 1 is 1.03 bits per heavy atom. The predicted octanol–water partition coefficient (Wildman–Crippen LogP) is 2.24. The summed E-state index contributed by atoms with van der Waals surface area (Å²) < 4.78 is 45.2. The molecule has 4 rings (SSSR count). The van der Waals surface area contributed by atoms with E-state index >= 15 is 0 Å². The summed E-state index contributed by atoms with van der Waals surface area (Å²) in [7, 11) is 0. The highest BCUT2D eigenvalue weighted by atomic mass is 19.4. The van der Waals surface area contributed by atoms with Gasteiger partial charge in [0.2, 0.25) is 0 Å². The number of anilines is 1. The standard InChI is InChI=1S/C23H34F3N3O3/c24-23(25,26)16-5-4-8-18(13-16)28-9-11-29(12-10-28)21-19(32-20(15-30)22(21)31)14-27-17-6-2-1-3-7-17/h4-5,8,13,17,19-22,27,30-31H,1-3,6-7,9-12,14-15H2. The zero-order chi connectivity index (χ0) is 22.7. The molecule has 2 saturated heterocycles. The van der Waals surface area contributed by atoms with Crippen molar-refractivity contribution < 1.29 is 28.1 Å². The van der Waals surface area contributed by atoms with E-state index in [9.17, 15) is 23.4 Å². The topological polar surface area (TPSA) is 68.2 Å². The van der Waals surface area contributed by atoms with Gasteiger partial charge in [0.1, 0.15) is 12.2 Å². The molecular formula is C23H34F3N3O3. The number of aliphatic hydroxyl groups is 2. The smallest absolute Gasteiger partial charge is 0.394 e. The molecule has 3 N–H and O–H groups in total. The average Bonchev–Trinajstić information content (AvgIpc) is 3.13. The lowest BCUT2D eigenvalue weighted by atomic mass is 9.95. The van der Waals surface area contributed by atoms with E-state index < -0.39 is 23.9 Å². The van der Waals surface area contributed by atoms with Crippen molar-refractivity contribution in [1.29, 1.82) is 0 Å². The number of ether oxygens (including phenoxy) is 1. The SMILES string of the molecule is OCC1OC(CNC2CCCCC2)C(N2CCN(c3cccc(C(F)(F)F)c3)CC2)C1O. The van der Waals surface area contributed by atoms with Crippen molar-refractivity contribution in [1.82, 2.24) is 10.2 Å². The summed E-state index contributed by atoms with van der Waals surface area (Å²) in [5, 5.41) is 24.1. The highest BCUT2D eigenvalue weighted by Gasteiger charge is 2.46. The molecule has 9 heteroatoms. The minimum Gasteiger partial charge on any atom is -0.394 e. The van der Waals surface area contributed by atoms with Crippen LogP contribution in [0.3, 0.4) is 0 Å². The van der Waals surface area contributed by atoms with E-state index in [0.717, 1.165) is 18.9 Å². The molecule has 3 fully saturated rings. The van der Waals surface area contributed by atoms with Gasteiger partial charge in [0.15, 0.2) is 0 Å². The highest BCUT2D eigenvalue weighted by Crippen LogP contribution is 2.33. The third kappa shape index (κ3) is 5.39. The van der Waals surface area contributed by atoms with Crippen LogP contribution in [0.5, 0.6) is 0 Å². The summed E-state index contributed by atoms with van der Waals surface area (Å²) >= 11 is 0. The van der Waals surface area contributed by atoms with Crippen LogP contribution in [0.1, 0.15) is 37.7 Å². The summed E-state index contributed by atoms with van der Waals surface area (Å²) in [5.41, 5.74) is -0.0804. The largest absolute Gasteiger partial charge is 0.416 e. The normalized spacial score (nSPS) is 30.7. The number of aliphatic hydroxyl groups excluding tert-OH is 2. The first-order chi connectivity index (χ1) is 15.4. The first kappa shape index (κ1) is 23.8. The van der Waals surface area contributed by atoms with E-state index in [2.05, 4.69) is 10.2 Å². The number of hydrogen-bond donors (Lipinski definition) is 3. The van der Waals surface area contributed by atoms with Crippen LogP contribution >= 0.6 is 0 Å². The molecule has 1 aromatic carbocycles. The maximum absolute atomic E-state index is 13.1. The molecule has 2 heterocycles. The molecular weight excluding hydrogens is 423 g/mol. The van der Waals surface area contributed by atoms with Crippen molar-refractivity contribution in [3.05, 3.63) is 29.8 Å². The zero-order valence-electron chi connectivity index (χ0n) is 18.3. The van der Waals surface area contributed by atoms with Crippen LogP contribution in [0.15, 0.2) is 24.3 Å². The molecule has 0 aromatic heterocycles. The second kappa shape index (κ2) is 10.3. The molecule has 1 saturated carbocycles. The Morgan fingerprint density at radius 3 is 2.41 bits per heavy atom. The van der Waals surface area contributed by atoms with E-state index in [1.807, 2.05) is 4.90 Å². The van der Waals surface area contributed by atoms with Crippen LogP contribution in [0.4, 0.5) is 18.9 Å². The van der Waals surface area contributed by atoms with Gasteiger partial charge in [-0.15, -0.1) is 0 Å². The molecule has 180 valence electrons. The van der Waals surface area contributed by atoms with E-state index in [4.69, 9.17) is 4.74 Å². The second-order valence-corrected chi connectivity index (χ2v) is 9.19. The second-order valence-electron chi connectivity index (χ2n) is 9.19. The minimum absolute atomic E-state index is 0.232. The average molecular weight is 458 g/mol. The molecule has 1 aromatic rings. The third-order valence-electron chi connectivity index (χ3n) is 7.13. The van der Waals surface area contributed by atoms with Crippen LogP contribution in [0, 0.1) is 0 Å². The van der Waals surface area contributed by atoms with Crippen LogP contribution in [-0.4, -0.2) is 84.8 Å². The van der Waals surface area contributed by atoms with Gasteiger partial charge >= 0.3 is 6.18 Å². The van der Waals surface area contributed by atoms with Gasteiger partial charge in [0.25, 0.3) is 0 Å². The molecule has 0 radical (unpaired) electrons. The van der Waals surface area contributed by atoms with Crippen LogP contribution in [0.2, 0.25) is 0 Å². The molecule has 6 nitrogen and oxygen atoms in total. The number of piperazine rings is 1. The van der Waals surface area contributed by atoms with E-state index in [-0.39, 0.29) is 18.8 Å². The maximum Gasteiger partial charge on any atom is 0.416 e. The van der Waals surface area contributed by atoms with Gasteiger partial charge in [-0.25, -0.2) is 0 Å². The number of benzene rings is 1. The molecule has 3 aliphatic rings. The van der Waals surface area contributed by atoms with Gasteiger partial charge in [0, 0.05) is 44.5 Å². The Morgan fingerprint density at radius 2 is 1.75 bits per heavy atom. The van der Waals surface area contributed by atoms with Crippen molar-refractivity contribution in [3.63, 3.8) is 0 Å². The molecule has 2 aliphatic heterocycles. The lowest BCUT2D eigenvalue weighted by molar-refractivity contribution is -0.137. The number of nitrogens with zero attached hydrogens (tertiary/aromatic N) is 2. The predicted molar refractivity (Wildman–Crippen MR) is 116 cm³/mol. The monoisotopic (exact) mass is 457 g/mol. The van der Waals surface area contributed by atoms with Crippen LogP contribution in [0.25, 0.3) is 0 Å². The summed E-state index contributed by atoms with van der Waals surface area (Å²) in [6.07, 6.45) is 0.0429. The third-order valence-corrected chi connectivity index (χ3v) is 7.13. The first-order valence-corrected chi connectivity index (χ1v) is 11.7. The number of halogens is 3. The molecule has 4 atom stereocenters. The van der Waals surface area contributed by atoms with Gasteiger partial charge in [0.05, 0.1) is 24.3 Å². The fourth-order valence-corrected chi connectivity index (χ4v) is 5.34. The van der Waals surface area contributed by atoms with Crippen LogP contribution < -0.4 is 10.2 Å². The molecule has 0 amide bonds. The Labute approximate surface area is 187 Å². The van der Waals surface area contributed by atoms with E-state index in [1.54, 1.807) is 6.07 Å². The van der Waals surface area contributed by atoms with Gasteiger partial charge in [-0.2, -0.15) is 13.2 Å². The highest BCUT2D eigenvalue weighted by molar-refractivity contribution is 5.49. The maximum atomic E-state index is 13.1. The summed E-state index contributed by atoms with van der Waals surface area (Å²) in [6, 6.07) is 5.66. The Bertz CT molecular complexity index is 737. The van der Waals surface area contributed by atoms with E-state index in [0.29, 0.717) is 44.5 Å². The van der Waals surface area contributed by atoms with Crippen molar-refractivity contribution in [3.8, 4) is 0 Å². The first-order valence-electron chi connectivity index (χ1n) is 11.7. The molecule has 4 unspecified atom stereocenters. The summed E-state index contributed by atoms with van der Waals surface area (Å²) in [5.74, 6) is 0. The minimum atomic E-state index is -4.36. The van der Waals surface area contributed by atoms with Crippen molar-refractivity contribution in [2.45, 2.75) is 68.7 Å². The summed E-state index contributed by atoms with van der Waals surface area (Å²) in [6.45, 7) is 2.74. The Balaban J connectivity index is 1.38. The number of nitrogens with one attached hydrogen (secondary N) is 1. The Hall–Kier alpha value is -1.39. The summed E-state index contributed by atoms with van der Waals surface area (Å²) in [4.78, 5) is 4.12. The number of hydrogen-bond acceptors (Lipinski definition) is 6. The quantitative estimate of drug-likeness (QED) is 0.609. The lowest BCUT2D eigenvalue weighted by Crippen LogP contribution is -2.57. The van der Waals surface area contributed by atoms with Crippen LogP contribution in [-0.2, 0) is 10.9 Å². The van der Waals surface area contributed by atoms with Crippen molar-refractivity contribution in [2.75, 3.05) is 44.2 Å². The fourth-order valence-electron chi connectivity index (χ4n) is 5.34. The molecule has 0 bridgehead atoms. The van der Waals surface area contributed by atoms with Crippen molar-refractivity contribution in [2.24, 2.45) is 0 Å². The van der Waals surface area contributed by atoms with Gasteiger partial charge in [-0.3, -0.25) is 4.90 Å². The number of alkyl halides is 3. The van der Waals surface area contributed by atoms with Gasteiger partial charge in [-0.1, -0.05) is 25.3 Å². The zero-order valence-corrected chi connectivity index (χ0v) is 18.3. The van der Waals surface area contributed by atoms with Gasteiger partial charge < -0.3 is 25.2 Å². The Kier molecular flexibility index (Phi) is 7.62. The molecule has 0 spiro atoms. The number of rotatable bonds is 6. The van der Waals surface area contributed by atoms with E-state index in [1.165, 1.54) is 31.4 Å². The van der Waals surface area contributed by atoms with Crippen molar-refractivity contribution >= 4 is 5.69 Å². The fraction of sp³-hybridized carbons (Fsp3) is 0.739. The molecule has 1 aliphatic carbocycles. The molecule has 32 heavy (non-hydrogen) atoms. The van der Waals surface area contributed by atoms with Gasteiger partial charge in [-0.05, 0) is 31.0 Å². The lowest BCUT2D eigenvalue weighted by Gasteiger charge is -2.41.